The third kappa shape index (κ3) is 12.6. The van der Waals surface area contributed by atoms with Crippen molar-refractivity contribution < 1.29 is 14.3 Å². The monoisotopic (exact) mass is 520 g/mol. The number of ether oxygens (including phenoxy) is 2. The predicted octanol–water partition coefficient (Wildman–Crippen LogP) is 3.76. The van der Waals surface area contributed by atoms with E-state index in [9.17, 15) is 4.79 Å². The van der Waals surface area contributed by atoms with Crippen LogP contribution in [0.15, 0.2) is 29.3 Å². The van der Waals surface area contributed by atoms with E-state index in [1.165, 1.54) is 0 Å². The van der Waals surface area contributed by atoms with Crippen LogP contribution in [-0.4, -0.2) is 56.4 Å². The number of benzene rings is 1. The molecule has 1 aromatic carbocycles. The minimum absolute atomic E-state index is 0. The van der Waals surface area contributed by atoms with Crippen LogP contribution in [-0.2, 0) is 22.6 Å². The topological polar surface area (TPSA) is 75.2 Å². The van der Waals surface area contributed by atoms with Crippen LogP contribution >= 0.6 is 24.0 Å². The van der Waals surface area contributed by atoms with Gasteiger partial charge in [0.25, 0.3) is 0 Å². The third-order valence-electron chi connectivity index (χ3n) is 3.73. The number of carbonyl (C=O) groups is 1. The van der Waals surface area contributed by atoms with Crippen LogP contribution in [0.3, 0.4) is 0 Å². The van der Waals surface area contributed by atoms with Gasteiger partial charge in [0.2, 0.25) is 0 Å². The van der Waals surface area contributed by atoms with Gasteiger partial charge in [0.05, 0.1) is 6.54 Å². The van der Waals surface area contributed by atoms with Gasteiger partial charge in [-0.2, -0.15) is 0 Å². The summed E-state index contributed by atoms with van der Waals surface area (Å²) in [5.41, 5.74) is 1.66. The van der Waals surface area contributed by atoms with Crippen LogP contribution in [0, 0.1) is 0 Å². The first-order valence-corrected chi connectivity index (χ1v) is 9.78. The molecule has 1 amide bonds. The maximum absolute atomic E-state index is 12.1. The van der Waals surface area contributed by atoms with E-state index in [4.69, 9.17) is 9.47 Å². The van der Waals surface area contributed by atoms with Gasteiger partial charge in [0, 0.05) is 40.4 Å². The lowest BCUT2D eigenvalue weighted by Gasteiger charge is -2.24. The van der Waals surface area contributed by atoms with E-state index in [1.807, 2.05) is 52.0 Å². The number of carbonyl (C=O) groups excluding carboxylic acids is 1. The molecule has 2 N–H and O–H groups in total. The van der Waals surface area contributed by atoms with Gasteiger partial charge in [-0.05, 0) is 45.2 Å². The average Bonchev–Trinajstić information content (AvgIpc) is 2.63. The van der Waals surface area contributed by atoms with Crippen molar-refractivity contribution >= 4 is 36.0 Å². The number of aliphatic imine (C=N–C) groups is 1. The summed E-state index contributed by atoms with van der Waals surface area (Å²) in [5, 5.41) is 6.53. The van der Waals surface area contributed by atoms with Crippen molar-refractivity contribution in [2.45, 2.75) is 52.8 Å². The van der Waals surface area contributed by atoms with Gasteiger partial charge in [-0.3, -0.25) is 0 Å². The summed E-state index contributed by atoms with van der Waals surface area (Å²) in [4.78, 5) is 18.2. The average molecular weight is 520 g/mol. The molecule has 0 aliphatic carbocycles. The summed E-state index contributed by atoms with van der Waals surface area (Å²) >= 11 is 0. The van der Waals surface area contributed by atoms with Crippen LogP contribution < -0.4 is 10.6 Å². The number of hydrogen-bond donors (Lipinski definition) is 2. The Morgan fingerprint density at radius 2 is 1.76 bits per heavy atom. The highest BCUT2D eigenvalue weighted by molar-refractivity contribution is 14.0. The van der Waals surface area contributed by atoms with Crippen LogP contribution in [0.5, 0.6) is 0 Å². The summed E-state index contributed by atoms with van der Waals surface area (Å²) in [6.07, 6.45) is 0.608. The van der Waals surface area contributed by atoms with Crippen molar-refractivity contribution in [3.05, 3.63) is 35.4 Å². The third-order valence-corrected chi connectivity index (χ3v) is 3.73. The van der Waals surface area contributed by atoms with Crippen molar-refractivity contribution in [3.8, 4) is 0 Å². The number of hydrogen-bond acceptors (Lipinski definition) is 4. The minimum Gasteiger partial charge on any atom is -0.444 e. The first-order valence-electron chi connectivity index (χ1n) is 9.78. The number of nitrogens with zero attached hydrogens (tertiary/aromatic N) is 2. The summed E-state index contributed by atoms with van der Waals surface area (Å²) in [6, 6.07) is 8.11. The second-order valence-electron chi connectivity index (χ2n) is 7.62. The molecule has 0 atom stereocenters. The zero-order valence-corrected chi connectivity index (χ0v) is 20.9. The SMILES string of the molecule is CCNC(=NCc1ccc(CN(C)C(=O)OC(C)(C)C)cc1)NCCCOC.I. The van der Waals surface area contributed by atoms with Crippen molar-refractivity contribution in [1.29, 1.82) is 0 Å². The van der Waals surface area contributed by atoms with Gasteiger partial charge in [0.15, 0.2) is 5.96 Å². The van der Waals surface area contributed by atoms with Crippen molar-refractivity contribution in [2.24, 2.45) is 4.99 Å². The Hall–Kier alpha value is -1.55. The van der Waals surface area contributed by atoms with E-state index < -0.39 is 5.60 Å². The molecule has 0 heterocycles. The molecule has 0 aromatic heterocycles. The Kier molecular flexibility index (Phi) is 13.7. The van der Waals surface area contributed by atoms with E-state index in [0.29, 0.717) is 13.1 Å². The molecule has 0 aliphatic rings. The first kappa shape index (κ1) is 27.5. The molecule has 7 nitrogen and oxygen atoms in total. The highest BCUT2D eigenvalue weighted by Crippen LogP contribution is 2.12. The normalized spacial score (nSPS) is 11.4. The standard InChI is InChI=1S/C21H36N4O3.HI/c1-7-22-19(23-13-8-14-27-6)24-15-17-9-11-18(12-10-17)16-25(5)20(26)28-21(2,3)4;/h9-12H,7-8,13-16H2,1-6H3,(H2,22,23,24);1H. The van der Waals surface area contributed by atoms with Gasteiger partial charge in [-0.1, -0.05) is 24.3 Å². The predicted molar refractivity (Wildman–Crippen MR) is 129 cm³/mol. The second-order valence-corrected chi connectivity index (χ2v) is 7.62. The number of methoxy groups -OCH3 is 1. The Bertz CT molecular complexity index is 615. The molecular formula is C21H37IN4O3. The molecule has 0 spiro atoms. The lowest BCUT2D eigenvalue weighted by molar-refractivity contribution is 0.0285. The lowest BCUT2D eigenvalue weighted by atomic mass is 10.1. The zero-order valence-electron chi connectivity index (χ0n) is 18.6. The van der Waals surface area contributed by atoms with Crippen LogP contribution in [0.4, 0.5) is 4.79 Å². The molecule has 166 valence electrons. The highest BCUT2D eigenvalue weighted by Gasteiger charge is 2.19. The van der Waals surface area contributed by atoms with Gasteiger partial charge < -0.3 is 25.0 Å². The molecule has 0 fully saturated rings. The summed E-state index contributed by atoms with van der Waals surface area (Å²) in [7, 11) is 3.44. The fourth-order valence-corrected chi connectivity index (χ4v) is 2.36. The number of amides is 1. The largest absolute Gasteiger partial charge is 0.444 e. The molecule has 0 saturated carbocycles. The second kappa shape index (κ2) is 14.4. The van der Waals surface area contributed by atoms with E-state index in [0.717, 1.165) is 43.2 Å². The quantitative estimate of drug-likeness (QED) is 0.225. The smallest absolute Gasteiger partial charge is 0.410 e. The van der Waals surface area contributed by atoms with Gasteiger partial charge >= 0.3 is 6.09 Å². The van der Waals surface area contributed by atoms with Crippen molar-refractivity contribution in [2.75, 3.05) is 33.9 Å². The molecule has 0 saturated heterocycles. The van der Waals surface area contributed by atoms with Crippen molar-refractivity contribution in [3.63, 3.8) is 0 Å². The minimum atomic E-state index is -0.491. The number of guanidine groups is 1. The molecule has 0 unspecified atom stereocenters. The summed E-state index contributed by atoms with van der Waals surface area (Å²) in [6.45, 7) is 11.1. The molecular weight excluding hydrogens is 483 g/mol. The molecule has 0 bridgehead atoms. The lowest BCUT2D eigenvalue weighted by Crippen LogP contribution is -2.38. The fourth-order valence-electron chi connectivity index (χ4n) is 2.36. The summed E-state index contributed by atoms with van der Waals surface area (Å²) < 4.78 is 10.4. The van der Waals surface area contributed by atoms with Crippen LogP contribution in [0.2, 0.25) is 0 Å². The molecule has 0 aliphatic heterocycles. The Morgan fingerprint density at radius 3 is 2.31 bits per heavy atom. The molecule has 1 aromatic rings. The van der Waals surface area contributed by atoms with E-state index in [1.54, 1.807) is 19.1 Å². The molecule has 8 heteroatoms. The Labute approximate surface area is 192 Å². The number of rotatable bonds is 9. The van der Waals surface area contributed by atoms with E-state index in [-0.39, 0.29) is 30.1 Å². The maximum atomic E-state index is 12.1. The van der Waals surface area contributed by atoms with Crippen LogP contribution in [0.25, 0.3) is 0 Å². The van der Waals surface area contributed by atoms with Gasteiger partial charge in [-0.25, -0.2) is 9.79 Å². The molecule has 0 radical (unpaired) electrons. The van der Waals surface area contributed by atoms with Gasteiger partial charge in [-0.15, -0.1) is 24.0 Å². The highest BCUT2D eigenvalue weighted by atomic mass is 127. The van der Waals surface area contributed by atoms with E-state index >= 15 is 0 Å². The number of halogens is 1. The molecule has 29 heavy (non-hydrogen) atoms. The Morgan fingerprint density at radius 1 is 1.14 bits per heavy atom. The first-order chi connectivity index (χ1) is 13.2. The molecule has 1 rings (SSSR count). The van der Waals surface area contributed by atoms with Crippen molar-refractivity contribution in [1.82, 2.24) is 15.5 Å². The van der Waals surface area contributed by atoms with Gasteiger partial charge in [0.1, 0.15) is 5.60 Å². The van der Waals surface area contributed by atoms with Crippen LogP contribution in [0.1, 0.15) is 45.2 Å². The Balaban J connectivity index is 0.00000784. The van der Waals surface area contributed by atoms with E-state index in [2.05, 4.69) is 15.6 Å². The maximum Gasteiger partial charge on any atom is 0.410 e. The fraction of sp³-hybridized carbons (Fsp3) is 0.619. The number of nitrogens with one attached hydrogen (secondary N) is 2. The summed E-state index contributed by atoms with van der Waals surface area (Å²) in [5.74, 6) is 0.798. The zero-order chi connectivity index (χ0) is 21.0.